The summed E-state index contributed by atoms with van der Waals surface area (Å²) in [5, 5.41) is 10.2. The van der Waals surface area contributed by atoms with Crippen molar-refractivity contribution >= 4 is 5.91 Å². The van der Waals surface area contributed by atoms with Crippen molar-refractivity contribution in [3.8, 4) is 0 Å². The van der Waals surface area contributed by atoms with Crippen LogP contribution in [0.5, 0.6) is 0 Å². The average Bonchev–Trinajstić information content (AvgIpc) is 2.16. The Bertz CT molecular complexity index is 256. The van der Waals surface area contributed by atoms with Gasteiger partial charge in [-0.25, -0.2) is 0 Å². The first-order valence-electron chi connectivity index (χ1n) is 6.41. The van der Waals surface area contributed by atoms with Crippen molar-refractivity contribution in [1.82, 2.24) is 9.80 Å². The molecular formula is C13H25N2O2. The number of amides is 1. The molecule has 1 fully saturated rings. The Morgan fingerprint density at radius 2 is 1.82 bits per heavy atom. The van der Waals surface area contributed by atoms with Crippen molar-refractivity contribution in [2.75, 3.05) is 32.7 Å². The zero-order valence-electron chi connectivity index (χ0n) is 11.5. The van der Waals surface area contributed by atoms with Crippen LogP contribution in [0.3, 0.4) is 0 Å². The molecule has 4 heteroatoms. The fourth-order valence-electron chi connectivity index (χ4n) is 2.43. The van der Waals surface area contributed by atoms with Gasteiger partial charge >= 0.3 is 0 Å². The zero-order chi connectivity index (χ0) is 13.1. The quantitative estimate of drug-likeness (QED) is 0.751. The summed E-state index contributed by atoms with van der Waals surface area (Å²) in [7, 11) is 0. The van der Waals surface area contributed by atoms with Crippen LogP contribution in [0, 0.1) is 5.92 Å². The first-order chi connectivity index (χ1) is 7.90. The maximum Gasteiger partial charge on any atom is 0.225 e. The SMILES string of the molecule is CCN(CC)C(=O)CC1(O)CN(C[C](C)C)C1. The van der Waals surface area contributed by atoms with E-state index in [0.29, 0.717) is 13.1 Å². The van der Waals surface area contributed by atoms with Crippen molar-refractivity contribution in [2.45, 2.75) is 39.7 Å². The predicted molar refractivity (Wildman–Crippen MR) is 68.5 cm³/mol. The summed E-state index contributed by atoms with van der Waals surface area (Å²) in [6, 6.07) is 0. The molecule has 1 N–H and O–H groups in total. The lowest BCUT2D eigenvalue weighted by Crippen LogP contribution is -2.63. The van der Waals surface area contributed by atoms with E-state index in [2.05, 4.69) is 18.7 Å². The summed E-state index contributed by atoms with van der Waals surface area (Å²) < 4.78 is 0. The van der Waals surface area contributed by atoms with Gasteiger partial charge in [0, 0.05) is 32.7 Å². The summed E-state index contributed by atoms with van der Waals surface area (Å²) in [5.74, 6) is 1.40. The van der Waals surface area contributed by atoms with E-state index in [1.54, 1.807) is 4.90 Å². The molecule has 0 aromatic heterocycles. The molecule has 0 aromatic rings. The number of hydrogen-bond donors (Lipinski definition) is 1. The zero-order valence-corrected chi connectivity index (χ0v) is 11.5. The second kappa shape index (κ2) is 5.83. The molecule has 1 saturated heterocycles. The molecule has 17 heavy (non-hydrogen) atoms. The molecule has 1 amide bonds. The van der Waals surface area contributed by atoms with Crippen LogP contribution in [0.4, 0.5) is 0 Å². The highest BCUT2D eigenvalue weighted by Gasteiger charge is 2.43. The number of carbonyl (C=O) groups excluding carboxylic acids is 1. The van der Waals surface area contributed by atoms with Crippen molar-refractivity contribution in [2.24, 2.45) is 0 Å². The van der Waals surface area contributed by atoms with Crippen molar-refractivity contribution < 1.29 is 9.90 Å². The molecule has 0 atom stereocenters. The molecule has 0 aliphatic carbocycles. The largest absolute Gasteiger partial charge is 0.387 e. The number of hydrogen-bond acceptors (Lipinski definition) is 3. The highest BCUT2D eigenvalue weighted by atomic mass is 16.3. The number of aliphatic hydroxyl groups is 1. The topological polar surface area (TPSA) is 43.8 Å². The van der Waals surface area contributed by atoms with Gasteiger partial charge in [0.25, 0.3) is 0 Å². The molecule has 0 bridgehead atoms. The third kappa shape index (κ3) is 3.96. The summed E-state index contributed by atoms with van der Waals surface area (Å²) in [6.07, 6.45) is 0.258. The van der Waals surface area contributed by atoms with Gasteiger partial charge in [0.1, 0.15) is 0 Å². The third-order valence-electron chi connectivity index (χ3n) is 3.17. The highest BCUT2D eigenvalue weighted by molar-refractivity contribution is 5.77. The minimum Gasteiger partial charge on any atom is -0.387 e. The normalized spacial score (nSPS) is 19.2. The third-order valence-corrected chi connectivity index (χ3v) is 3.17. The Morgan fingerprint density at radius 3 is 2.24 bits per heavy atom. The van der Waals surface area contributed by atoms with Crippen LogP contribution >= 0.6 is 0 Å². The van der Waals surface area contributed by atoms with Crippen molar-refractivity contribution in [3.05, 3.63) is 5.92 Å². The van der Waals surface area contributed by atoms with Gasteiger partial charge in [-0.3, -0.25) is 9.69 Å². The fourth-order valence-corrected chi connectivity index (χ4v) is 2.43. The Morgan fingerprint density at radius 1 is 1.29 bits per heavy atom. The van der Waals surface area contributed by atoms with E-state index in [9.17, 15) is 9.90 Å². The minimum absolute atomic E-state index is 0.0642. The summed E-state index contributed by atoms with van der Waals surface area (Å²) in [6.45, 7) is 11.7. The molecule has 4 nitrogen and oxygen atoms in total. The molecule has 1 radical (unpaired) electrons. The van der Waals surface area contributed by atoms with Crippen LogP contribution in [0.15, 0.2) is 0 Å². The molecule has 0 spiro atoms. The van der Waals surface area contributed by atoms with Crippen LogP contribution in [-0.4, -0.2) is 59.1 Å². The monoisotopic (exact) mass is 241 g/mol. The molecule has 99 valence electrons. The van der Waals surface area contributed by atoms with Gasteiger partial charge < -0.3 is 10.0 Å². The lowest BCUT2D eigenvalue weighted by molar-refractivity contribution is -0.147. The number of likely N-dealkylation sites (tertiary alicyclic amines) is 1. The van der Waals surface area contributed by atoms with E-state index in [0.717, 1.165) is 19.6 Å². The second-order valence-corrected chi connectivity index (χ2v) is 5.32. The number of carbonyl (C=O) groups is 1. The molecule has 0 aromatic carbocycles. The molecule has 0 saturated carbocycles. The fraction of sp³-hybridized carbons (Fsp3) is 0.846. The van der Waals surface area contributed by atoms with Gasteiger partial charge in [0.15, 0.2) is 0 Å². The van der Waals surface area contributed by atoms with Crippen LogP contribution in [0.25, 0.3) is 0 Å². The summed E-state index contributed by atoms with van der Waals surface area (Å²) in [4.78, 5) is 15.8. The van der Waals surface area contributed by atoms with Gasteiger partial charge in [-0.1, -0.05) is 13.8 Å². The van der Waals surface area contributed by atoms with Crippen molar-refractivity contribution in [3.63, 3.8) is 0 Å². The van der Waals surface area contributed by atoms with Crippen LogP contribution in [0.1, 0.15) is 34.1 Å². The number of nitrogens with zero attached hydrogens (tertiary/aromatic N) is 2. The smallest absolute Gasteiger partial charge is 0.225 e. The molecule has 1 rings (SSSR count). The first kappa shape index (κ1) is 14.5. The van der Waals surface area contributed by atoms with E-state index in [1.165, 1.54) is 5.92 Å². The van der Waals surface area contributed by atoms with E-state index in [-0.39, 0.29) is 12.3 Å². The Hall–Kier alpha value is -0.610. The first-order valence-corrected chi connectivity index (χ1v) is 6.41. The standard InChI is InChI=1S/C13H25N2O2/c1-5-15(6-2)12(16)7-13(17)9-14(10-13)8-11(3)4/h17H,5-10H2,1-4H3. The van der Waals surface area contributed by atoms with Gasteiger partial charge in [0.05, 0.1) is 12.0 Å². The molecule has 0 unspecified atom stereocenters. The van der Waals surface area contributed by atoms with Crippen LogP contribution in [0.2, 0.25) is 0 Å². The highest BCUT2D eigenvalue weighted by Crippen LogP contribution is 2.26. The van der Waals surface area contributed by atoms with Gasteiger partial charge in [-0.05, 0) is 19.8 Å². The number of rotatable bonds is 6. The molecular weight excluding hydrogens is 216 g/mol. The number of β-amino-alcohol motifs (C(OH)–C–C–N with tert-alkyl or cyclic N) is 1. The van der Waals surface area contributed by atoms with Crippen LogP contribution in [-0.2, 0) is 4.79 Å². The lowest BCUT2D eigenvalue weighted by atomic mass is 9.89. The lowest BCUT2D eigenvalue weighted by Gasteiger charge is -2.47. The van der Waals surface area contributed by atoms with Crippen molar-refractivity contribution in [1.29, 1.82) is 0 Å². The predicted octanol–water partition coefficient (Wildman–Crippen LogP) is 0.906. The van der Waals surface area contributed by atoms with E-state index >= 15 is 0 Å². The van der Waals surface area contributed by atoms with E-state index in [1.807, 2.05) is 13.8 Å². The molecule has 1 heterocycles. The maximum atomic E-state index is 11.9. The minimum atomic E-state index is -0.797. The Labute approximate surface area is 105 Å². The van der Waals surface area contributed by atoms with Gasteiger partial charge in [-0.2, -0.15) is 0 Å². The van der Waals surface area contributed by atoms with Gasteiger partial charge in [-0.15, -0.1) is 0 Å². The Balaban J connectivity index is 2.36. The summed E-state index contributed by atoms with van der Waals surface area (Å²) in [5.41, 5.74) is -0.797. The maximum absolute atomic E-state index is 11.9. The van der Waals surface area contributed by atoms with Crippen LogP contribution < -0.4 is 0 Å². The van der Waals surface area contributed by atoms with Gasteiger partial charge in [0.2, 0.25) is 5.91 Å². The van der Waals surface area contributed by atoms with E-state index in [4.69, 9.17) is 0 Å². The average molecular weight is 241 g/mol. The second-order valence-electron chi connectivity index (χ2n) is 5.32. The molecule has 1 aliphatic heterocycles. The van der Waals surface area contributed by atoms with E-state index < -0.39 is 5.60 Å². The Kier molecular flexibility index (Phi) is 4.95. The summed E-state index contributed by atoms with van der Waals surface area (Å²) >= 11 is 0. The molecule has 1 aliphatic rings.